The smallest absolute Gasteiger partial charge is 0.298 e. The van der Waals surface area contributed by atoms with Crippen LogP contribution in [-0.2, 0) is 20.7 Å². The number of aliphatic hydroxyl groups is 1. The van der Waals surface area contributed by atoms with Crippen molar-refractivity contribution in [1.82, 2.24) is 14.6 Å². The zero-order valence-electron chi connectivity index (χ0n) is 24.2. The predicted molar refractivity (Wildman–Crippen MR) is 165 cm³/mol. The number of aliphatic hydroxyl groups excluding tert-OH is 1. The van der Waals surface area contributed by atoms with Crippen LogP contribution in [0.15, 0.2) is 65.6 Å². The van der Waals surface area contributed by atoms with Crippen LogP contribution in [-0.4, -0.2) is 86.5 Å². The molecule has 1 atom stereocenters. The van der Waals surface area contributed by atoms with Gasteiger partial charge in [0.1, 0.15) is 11.0 Å². The van der Waals surface area contributed by atoms with Gasteiger partial charge in [0.15, 0.2) is 0 Å². The maximum Gasteiger partial charge on any atom is 0.298 e. The highest BCUT2D eigenvalue weighted by molar-refractivity contribution is 7.89. The normalized spacial score (nSPS) is 18.0. The van der Waals surface area contributed by atoms with Gasteiger partial charge in [-0.05, 0) is 55.0 Å². The molecule has 3 aromatic rings. The van der Waals surface area contributed by atoms with Gasteiger partial charge in [0.25, 0.3) is 11.8 Å². The van der Waals surface area contributed by atoms with E-state index in [2.05, 4.69) is 10.3 Å². The van der Waals surface area contributed by atoms with Gasteiger partial charge in [-0.15, -0.1) is 0 Å². The van der Waals surface area contributed by atoms with Crippen molar-refractivity contribution in [2.45, 2.75) is 29.7 Å². The van der Waals surface area contributed by atoms with Crippen molar-refractivity contribution in [2.24, 2.45) is 5.73 Å². The third-order valence-electron chi connectivity index (χ3n) is 7.78. The van der Waals surface area contributed by atoms with Gasteiger partial charge in [0.05, 0.1) is 4.90 Å². The molecule has 15 heteroatoms. The molecule has 240 valence electrons. The Morgan fingerprint density at radius 3 is 2.31 bits per heavy atom. The molecule has 0 aliphatic carbocycles. The summed E-state index contributed by atoms with van der Waals surface area (Å²) in [6.45, 7) is 1.11. The van der Waals surface area contributed by atoms with Crippen molar-refractivity contribution in [1.29, 1.82) is 0 Å². The van der Waals surface area contributed by atoms with Crippen LogP contribution >= 0.6 is 11.6 Å². The summed E-state index contributed by atoms with van der Waals surface area (Å²) in [5, 5.41) is 11.3. The Morgan fingerprint density at radius 2 is 1.71 bits per heavy atom. The Morgan fingerprint density at radius 1 is 1.04 bits per heavy atom. The SMILES string of the molecule is NC1CC(=O)N(c2ccc(S(=O)(=O)N3CCN(c4cc(C(F)(F)c5ccc(C(=O)NCCCO)cc5)cc(Cl)n4)CC3)cc2)C1. The molecule has 0 saturated carbocycles. The molecule has 0 spiro atoms. The molecule has 2 fully saturated rings. The number of carbonyl (C=O) groups is 2. The number of halogens is 3. The van der Waals surface area contributed by atoms with Crippen molar-refractivity contribution in [3.8, 4) is 0 Å². The van der Waals surface area contributed by atoms with Gasteiger partial charge in [0.2, 0.25) is 15.9 Å². The molecule has 2 aliphatic heterocycles. The lowest BCUT2D eigenvalue weighted by atomic mass is 9.99. The van der Waals surface area contributed by atoms with Crippen LogP contribution in [0.3, 0.4) is 0 Å². The molecule has 2 amide bonds. The van der Waals surface area contributed by atoms with Crippen LogP contribution in [0, 0.1) is 0 Å². The summed E-state index contributed by atoms with van der Waals surface area (Å²) >= 11 is 6.17. The minimum absolute atomic E-state index is 0.0760. The van der Waals surface area contributed by atoms with E-state index in [9.17, 15) is 18.0 Å². The van der Waals surface area contributed by atoms with E-state index < -0.39 is 27.4 Å². The summed E-state index contributed by atoms with van der Waals surface area (Å²) in [4.78, 5) is 31.9. The van der Waals surface area contributed by atoms with Crippen molar-refractivity contribution < 1.29 is 31.9 Å². The Balaban J connectivity index is 1.25. The number of piperazine rings is 1. The molecule has 11 nitrogen and oxygen atoms in total. The minimum Gasteiger partial charge on any atom is -0.396 e. The molecule has 0 radical (unpaired) electrons. The first-order valence-corrected chi connectivity index (χ1v) is 16.2. The number of nitrogens with one attached hydrogen (secondary N) is 1. The first kappa shape index (κ1) is 32.7. The molecular weight excluding hydrogens is 630 g/mol. The topological polar surface area (TPSA) is 149 Å². The van der Waals surface area contributed by atoms with Gasteiger partial charge in [-0.2, -0.15) is 13.1 Å². The number of aromatic nitrogens is 1. The van der Waals surface area contributed by atoms with Crippen LogP contribution in [0.4, 0.5) is 20.3 Å². The van der Waals surface area contributed by atoms with E-state index in [1.165, 1.54) is 51.7 Å². The molecule has 2 saturated heterocycles. The highest BCUT2D eigenvalue weighted by atomic mass is 35.5. The molecule has 1 unspecified atom stereocenters. The van der Waals surface area contributed by atoms with E-state index >= 15 is 8.78 Å². The molecule has 5 rings (SSSR count). The highest BCUT2D eigenvalue weighted by Gasteiger charge is 2.36. The first-order chi connectivity index (χ1) is 21.4. The zero-order chi connectivity index (χ0) is 32.4. The third kappa shape index (κ3) is 7.10. The number of hydrogen-bond donors (Lipinski definition) is 3. The fourth-order valence-corrected chi connectivity index (χ4v) is 6.92. The van der Waals surface area contributed by atoms with E-state index in [4.69, 9.17) is 22.4 Å². The number of anilines is 2. The van der Waals surface area contributed by atoms with Crippen molar-refractivity contribution in [3.05, 3.63) is 82.5 Å². The van der Waals surface area contributed by atoms with E-state index in [1.54, 1.807) is 17.0 Å². The van der Waals surface area contributed by atoms with Gasteiger partial charge in [-0.1, -0.05) is 23.7 Å². The van der Waals surface area contributed by atoms with Crippen molar-refractivity contribution in [2.75, 3.05) is 55.7 Å². The fraction of sp³-hybridized carbons (Fsp3) is 0.367. The molecule has 2 aliphatic rings. The van der Waals surface area contributed by atoms with Crippen LogP contribution in [0.2, 0.25) is 5.15 Å². The van der Waals surface area contributed by atoms with E-state index in [0.717, 1.165) is 6.07 Å². The van der Waals surface area contributed by atoms with Gasteiger partial charge in [0, 0.05) is 80.7 Å². The number of sulfonamides is 1. The summed E-state index contributed by atoms with van der Waals surface area (Å²) in [5.74, 6) is -3.82. The second-order valence-corrected chi connectivity index (χ2v) is 13.2. The van der Waals surface area contributed by atoms with Crippen LogP contribution in [0.5, 0.6) is 0 Å². The maximum atomic E-state index is 15.6. The average molecular weight is 663 g/mol. The highest BCUT2D eigenvalue weighted by Crippen LogP contribution is 2.38. The summed E-state index contributed by atoms with van der Waals surface area (Å²) in [6, 6.07) is 13.1. The largest absolute Gasteiger partial charge is 0.396 e. The third-order valence-corrected chi connectivity index (χ3v) is 9.88. The minimum atomic E-state index is -3.85. The fourth-order valence-electron chi connectivity index (χ4n) is 5.30. The van der Waals surface area contributed by atoms with Gasteiger partial charge in [-0.25, -0.2) is 13.4 Å². The van der Waals surface area contributed by atoms with Crippen molar-refractivity contribution >= 4 is 44.9 Å². The molecule has 45 heavy (non-hydrogen) atoms. The standard InChI is InChI=1S/C30H33ClF2N6O5S/c31-26-16-22(30(32,33)21-4-2-20(3-5-21)29(42)35-10-1-15-40)17-27(36-26)37-11-13-38(14-12-37)45(43,44)25-8-6-24(7-9-25)39-19-23(34)18-28(39)41/h2-9,16-17,23,40H,1,10-15,18-19,34H2,(H,35,42). The summed E-state index contributed by atoms with van der Waals surface area (Å²) in [6.07, 6.45) is 0.621. The zero-order valence-corrected chi connectivity index (χ0v) is 25.8. The quantitative estimate of drug-likeness (QED) is 0.222. The number of pyridine rings is 1. The lowest BCUT2D eigenvalue weighted by Gasteiger charge is -2.35. The van der Waals surface area contributed by atoms with E-state index in [-0.39, 0.29) is 84.7 Å². The average Bonchev–Trinajstić information content (AvgIpc) is 3.38. The van der Waals surface area contributed by atoms with Gasteiger partial charge < -0.3 is 26.0 Å². The maximum absolute atomic E-state index is 15.6. The summed E-state index contributed by atoms with van der Waals surface area (Å²) < 4.78 is 59.2. The number of rotatable bonds is 10. The molecule has 1 aromatic heterocycles. The molecule has 2 aromatic carbocycles. The molecule has 3 heterocycles. The lowest BCUT2D eigenvalue weighted by molar-refractivity contribution is -0.117. The lowest BCUT2D eigenvalue weighted by Crippen LogP contribution is -2.49. The number of nitrogens with two attached hydrogens (primary N) is 1. The Labute approximate surface area is 264 Å². The number of hydrogen-bond acceptors (Lipinski definition) is 8. The van der Waals surface area contributed by atoms with Crippen LogP contribution < -0.4 is 20.9 Å². The van der Waals surface area contributed by atoms with Gasteiger partial charge in [-0.3, -0.25) is 9.59 Å². The van der Waals surface area contributed by atoms with Crippen LogP contribution in [0.1, 0.15) is 34.3 Å². The Bertz CT molecular complexity index is 1650. The van der Waals surface area contributed by atoms with Crippen molar-refractivity contribution in [3.63, 3.8) is 0 Å². The number of nitrogens with zero attached hydrogens (tertiary/aromatic N) is 4. The van der Waals surface area contributed by atoms with E-state index in [1.807, 2.05) is 0 Å². The van der Waals surface area contributed by atoms with Crippen LogP contribution in [0.25, 0.3) is 0 Å². The predicted octanol–water partition coefficient (Wildman–Crippen LogP) is 2.56. The Kier molecular flexibility index (Phi) is 9.70. The second-order valence-electron chi connectivity index (χ2n) is 10.9. The molecule has 0 bridgehead atoms. The van der Waals surface area contributed by atoms with Gasteiger partial charge >= 0.3 is 0 Å². The summed E-state index contributed by atoms with van der Waals surface area (Å²) in [5.41, 5.74) is 5.90. The number of carbonyl (C=O) groups excluding carboxylic acids is 2. The first-order valence-electron chi connectivity index (χ1n) is 14.4. The molecule has 4 N–H and O–H groups in total. The number of amides is 2. The number of benzene rings is 2. The monoisotopic (exact) mass is 662 g/mol. The number of alkyl halides is 2. The summed E-state index contributed by atoms with van der Waals surface area (Å²) in [7, 11) is -3.85. The second kappa shape index (κ2) is 13.3. The van der Waals surface area contributed by atoms with E-state index in [0.29, 0.717) is 18.7 Å². The molecular formula is C30H33ClF2N6O5S. The Hall–Kier alpha value is -3.69.